The van der Waals surface area contributed by atoms with Crippen LogP contribution in [0.5, 0.6) is 0 Å². The first-order valence-corrected chi connectivity index (χ1v) is 13.7. The molecule has 0 spiro atoms. The summed E-state index contributed by atoms with van der Waals surface area (Å²) in [6.07, 6.45) is 3.49. The molecule has 2 aromatic carbocycles. The molecule has 3 aliphatic rings. The minimum Gasteiger partial charge on any atom is -0.341 e. The van der Waals surface area contributed by atoms with Crippen molar-refractivity contribution in [3.05, 3.63) is 64.5 Å². The average molecular weight is 550 g/mol. The molecule has 4 heterocycles. The van der Waals surface area contributed by atoms with Crippen molar-refractivity contribution >= 4 is 23.2 Å². The van der Waals surface area contributed by atoms with E-state index in [0.717, 1.165) is 52.9 Å². The highest BCUT2D eigenvalue weighted by Crippen LogP contribution is 2.45. The normalized spacial score (nSPS) is 18.9. The maximum atomic E-state index is 14.4. The van der Waals surface area contributed by atoms with Gasteiger partial charge in [-0.25, -0.2) is 13.8 Å². The monoisotopic (exact) mass is 549 g/mol. The lowest BCUT2D eigenvalue weighted by Crippen LogP contribution is -2.37. The Labute approximate surface area is 232 Å². The molecule has 1 saturated heterocycles. The SMILES string of the molecule is CON1CCC(c2cc3c(c(N4CCCc5cc(-c6cnn(C)c6)c(C(F)F)cc54)c2)CN(C(C)=O)C3)CC1=O. The largest absolute Gasteiger partial charge is 0.341 e. The number of aromatic nitrogens is 2. The van der Waals surface area contributed by atoms with E-state index in [9.17, 15) is 18.4 Å². The highest BCUT2D eigenvalue weighted by Gasteiger charge is 2.33. The van der Waals surface area contributed by atoms with Crippen molar-refractivity contribution in [2.24, 2.45) is 7.05 Å². The van der Waals surface area contributed by atoms with Crippen LogP contribution in [0.2, 0.25) is 0 Å². The van der Waals surface area contributed by atoms with Crippen molar-refractivity contribution < 1.29 is 23.2 Å². The molecule has 0 radical (unpaired) electrons. The molecule has 1 unspecified atom stereocenters. The molecule has 0 bridgehead atoms. The molecule has 0 aliphatic carbocycles. The third kappa shape index (κ3) is 4.64. The summed E-state index contributed by atoms with van der Waals surface area (Å²) in [5.41, 5.74) is 7.02. The van der Waals surface area contributed by atoms with Crippen LogP contribution in [-0.2, 0) is 41.0 Å². The molecule has 40 heavy (non-hydrogen) atoms. The molecule has 1 atom stereocenters. The maximum Gasteiger partial charge on any atom is 0.264 e. The van der Waals surface area contributed by atoms with Crippen LogP contribution in [0.25, 0.3) is 11.1 Å². The summed E-state index contributed by atoms with van der Waals surface area (Å²) >= 11 is 0. The quantitative estimate of drug-likeness (QED) is 0.436. The van der Waals surface area contributed by atoms with E-state index in [4.69, 9.17) is 4.84 Å². The number of anilines is 2. The molecule has 3 aromatic rings. The van der Waals surface area contributed by atoms with Crippen molar-refractivity contribution in [2.45, 2.75) is 58.0 Å². The van der Waals surface area contributed by atoms with E-state index in [2.05, 4.69) is 22.1 Å². The first-order chi connectivity index (χ1) is 19.2. The third-order valence-corrected chi connectivity index (χ3v) is 8.48. The number of carbonyl (C=O) groups is 2. The number of halogens is 2. The lowest BCUT2D eigenvalue weighted by molar-refractivity contribution is -0.181. The molecule has 0 N–H and O–H groups in total. The number of carbonyl (C=O) groups excluding carboxylic acids is 2. The van der Waals surface area contributed by atoms with Gasteiger partial charge in [0.25, 0.3) is 6.43 Å². The van der Waals surface area contributed by atoms with Crippen molar-refractivity contribution in [1.82, 2.24) is 19.7 Å². The molecule has 1 fully saturated rings. The summed E-state index contributed by atoms with van der Waals surface area (Å²) in [6.45, 7) is 3.73. The maximum absolute atomic E-state index is 14.4. The predicted molar refractivity (Wildman–Crippen MR) is 146 cm³/mol. The van der Waals surface area contributed by atoms with Gasteiger partial charge in [0, 0.05) is 80.8 Å². The van der Waals surface area contributed by atoms with Gasteiger partial charge in [-0.15, -0.1) is 0 Å². The Bertz CT molecular complexity index is 1490. The zero-order chi connectivity index (χ0) is 28.1. The van der Waals surface area contributed by atoms with Gasteiger partial charge < -0.3 is 9.80 Å². The zero-order valence-electron chi connectivity index (χ0n) is 23.0. The number of piperidine rings is 1. The number of rotatable bonds is 5. The van der Waals surface area contributed by atoms with Gasteiger partial charge >= 0.3 is 0 Å². The second-order valence-electron chi connectivity index (χ2n) is 10.9. The minimum atomic E-state index is -2.65. The lowest BCUT2D eigenvalue weighted by Gasteiger charge is -2.35. The van der Waals surface area contributed by atoms with Gasteiger partial charge in [-0.1, -0.05) is 6.07 Å². The zero-order valence-corrected chi connectivity index (χ0v) is 23.0. The third-order valence-electron chi connectivity index (χ3n) is 8.48. The van der Waals surface area contributed by atoms with Gasteiger partial charge in [0.15, 0.2) is 0 Å². The molecule has 10 heteroatoms. The Hall–Kier alpha value is -3.79. The van der Waals surface area contributed by atoms with Crippen LogP contribution in [0.15, 0.2) is 36.7 Å². The van der Waals surface area contributed by atoms with E-state index in [1.54, 1.807) is 42.0 Å². The number of aryl methyl sites for hydroxylation is 2. The molecular formula is C30H33F2N5O3. The van der Waals surface area contributed by atoms with E-state index < -0.39 is 6.43 Å². The second kappa shape index (κ2) is 10.3. The fourth-order valence-corrected chi connectivity index (χ4v) is 6.39. The molecule has 6 rings (SSSR count). The highest BCUT2D eigenvalue weighted by molar-refractivity contribution is 5.81. The number of benzene rings is 2. The van der Waals surface area contributed by atoms with Gasteiger partial charge in [-0.05, 0) is 65.6 Å². The van der Waals surface area contributed by atoms with Crippen LogP contribution in [-0.4, -0.2) is 51.8 Å². The molecule has 2 amide bonds. The summed E-state index contributed by atoms with van der Waals surface area (Å²) in [5, 5.41) is 5.59. The van der Waals surface area contributed by atoms with Crippen molar-refractivity contribution in [1.29, 1.82) is 0 Å². The fraction of sp³-hybridized carbons (Fsp3) is 0.433. The predicted octanol–water partition coefficient (Wildman–Crippen LogP) is 5.24. The number of fused-ring (bicyclic) bond motifs is 2. The molecule has 1 aromatic heterocycles. The van der Waals surface area contributed by atoms with Gasteiger partial charge in [-0.2, -0.15) is 5.10 Å². The number of nitrogens with zero attached hydrogens (tertiary/aromatic N) is 5. The first-order valence-electron chi connectivity index (χ1n) is 13.7. The Balaban J connectivity index is 1.46. The lowest BCUT2D eigenvalue weighted by atomic mass is 9.86. The first kappa shape index (κ1) is 26.4. The average Bonchev–Trinajstić information content (AvgIpc) is 3.58. The fourth-order valence-electron chi connectivity index (χ4n) is 6.39. The van der Waals surface area contributed by atoms with Crippen LogP contribution < -0.4 is 4.90 Å². The molecular weight excluding hydrogens is 516 g/mol. The van der Waals surface area contributed by atoms with E-state index in [1.807, 2.05) is 6.07 Å². The number of hydrogen-bond donors (Lipinski definition) is 0. The highest BCUT2D eigenvalue weighted by atomic mass is 19.3. The molecule has 3 aliphatic heterocycles. The Morgan fingerprint density at radius 2 is 1.93 bits per heavy atom. The Morgan fingerprint density at radius 1 is 1.10 bits per heavy atom. The summed E-state index contributed by atoms with van der Waals surface area (Å²) < 4.78 is 30.5. The number of amides is 2. The number of hydroxylamine groups is 2. The molecule has 210 valence electrons. The minimum absolute atomic E-state index is 0.00702. The van der Waals surface area contributed by atoms with Gasteiger partial charge in [0.1, 0.15) is 0 Å². The van der Waals surface area contributed by atoms with Crippen LogP contribution in [0.3, 0.4) is 0 Å². The standard InChI is InChI=1S/C30H33F2N5O3/c1-18(38)35-16-22-9-21(19-6-8-37(40-3)29(39)12-19)11-28(26(22)17-35)36-7-4-5-20-10-24(23-14-33-34(2)15-23)25(30(31)32)13-27(20)36/h9-11,13-15,19,30H,4-8,12,16-17H2,1-3H3. The van der Waals surface area contributed by atoms with Crippen LogP contribution >= 0.6 is 0 Å². The van der Waals surface area contributed by atoms with Crippen molar-refractivity contribution in [3.8, 4) is 11.1 Å². The summed E-state index contributed by atoms with van der Waals surface area (Å²) in [7, 11) is 3.28. The summed E-state index contributed by atoms with van der Waals surface area (Å²) in [6, 6.07) is 7.78. The smallest absolute Gasteiger partial charge is 0.264 e. The summed E-state index contributed by atoms with van der Waals surface area (Å²) in [4.78, 5) is 34.1. The van der Waals surface area contributed by atoms with E-state index in [-0.39, 0.29) is 23.3 Å². The van der Waals surface area contributed by atoms with Gasteiger partial charge in [-0.3, -0.25) is 19.1 Å². The van der Waals surface area contributed by atoms with E-state index in [0.29, 0.717) is 43.7 Å². The van der Waals surface area contributed by atoms with Crippen molar-refractivity contribution in [2.75, 3.05) is 25.1 Å². The van der Waals surface area contributed by atoms with E-state index >= 15 is 0 Å². The van der Waals surface area contributed by atoms with Crippen LogP contribution in [0.4, 0.5) is 20.2 Å². The van der Waals surface area contributed by atoms with Gasteiger partial charge in [0.2, 0.25) is 11.8 Å². The van der Waals surface area contributed by atoms with Gasteiger partial charge in [0.05, 0.1) is 13.3 Å². The number of hydrogen-bond acceptors (Lipinski definition) is 5. The second-order valence-corrected chi connectivity index (χ2v) is 10.9. The number of alkyl halides is 2. The molecule has 0 saturated carbocycles. The van der Waals surface area contributed by atoms with Crippen LogP contribution in [0.1, 0.15) is 66.3 Å². The Morgan fingerprint density at radius 3 is 2.60 bits per heavy atom. The Kier molecular flexibility index (Phi) is 6.82. The topological polar surface area (TPSA) is 70.9 Å². The summed E-state index contributed by atoms with van der Waals surface area (Å²) in [5.74, 6) is -0.0467. The van der Waals surface area contributed by atoms with E-state index in [1.165, 1.54) is 12.2 Å². The van der Waals surface area contributed by atoms with Crippen molar-refractivity contribution in [3.63, 3.8) is 0 Å². The van der Waals surface area contributed by atoms with Crippen LogP contribution in [0, 0.1) is 0 Å². The molecule has 8 nitrogen and oxygen atoms in total.